The Labute approximate surface area is 278 Å². The average molecular weight is 698 g/mol. The van der Waals surface area contributed by atoms with Gasteiger partial charge in [0.15, 0.2) is 0 Å². The standard InChI is InChI=1S/2C17H33N2.BF4.BrH/c2*1-4-5-6-7-8-9-10-11-12-13-14-19-16-15-18(3)17(19)2;2-1(3,4)5;/h2*15-16H,4-14H2,1-3H3;;1H/q2*+1;-1;/p-1. The summed E-state index contributed by atoms with van der Waals surface area (Å²) >= 11 is 0. The number of hydrogen-bond donors (Lipinski definition) is 0. The molecule has 0 saturated carbocycles. The zero-order valence-electron chi connectivity index (χ0n) is 29.1. The molecular formula is C34H66BBrF4N4. The lowest BCUT2D eigenvalue weighted by molar-refractivity contribution is -0.677. The van der Waals surface area contributed by atoms with E-state index in [0.29, 0.717) is 0 Å². The molecule has 0 radical (unpaired) electrons. The molecule has 0 aliphatic carbocycles. The Balaban J connectivity index is 0. The van der Waals surface area contributed by atoms with E-state index in [9.17, 15) is 17.3 Å². The molecule has 0 unspecified atom stereocenters. The third-order valence-corrected chi connectivity index (χ3v) is 8.30. The van der Waals surface area contributed by atoms with Crippen LogP contribution in [-0.2, 0) is 27.2 Å². The minimum absolute atomic E-state index is 0. The van der Waals surface area contributed by atoms with Crippen molar-refractivity contribution in [1.29, 1.82) is 0 Å². The van der Waals surface area contributed by atoms with Gasteiger partial charge in [0.25, 0.3) is 11.6 Å². The van der Waals surface area contributed by atoms with Crippen LogP contribution in [0.25, 0.3) is 0 Å². The maximum atomic E-state index is 9.75. The number of nitrogens with zero attached hydrogens (tertiary/aromatic N) is 4. The van der Waals surface area contributed by atoms with Gasteiger partial charge in [0.05, 0.1) is 27.2 Å². The molecule has 0 amide bonds. The molecule has 4 nitrogen and oxygen atoms in total. The van der Waals surface area contributed by atoms with Crippen LogP contribution in [0.15, 0.2) is 24.8 Å². The summed E-state index contributed by atoms with van der Waals surface area (Å²) in [6.45, 7) is 11.3. The van der Waals surface area contributed by atoms with E-state index in [1.54, 1.807) is 0 Å². The van der Waals surface area contributed by atoms with Gasteiger partial charge in [-0.1, -0.05) is 117 Å². The second-order valence-electron chi connectivity index (χ2n) is 12.2. The van der Waals surface area contributed by atoms with E-state index in [4.69, 9.17) is 0 Å². The van der Waals surface area contributed by atoms with Crippen LogP contribution in [0.4, 0.5) is 17.3 Å². The second kappa shape index (κ2) is 29.1. The van der Waals surface area contributed by atoms with Gasteiger partial charge in [-0.25, -0.2) is 18.3 Å². The fraction of sp³-hybridized carbons (Fsp3) is 0.824. The molecule has 0 atom stereocenters. The largest absolute Gasteiger partial charge is 1.00 e. The van der Waals surface area contributed by atoms with Gasteiger partial charge >= 0.3 is 7.25 Å². The third-order valence-electron chi connectivity index (χ3n) is 8.30. The fourth-order valence-electron chi connectivity index (χ4n) is 5.21. The fourth-order valence-corrected chi connectivity index (χ4v) is 5.21. The van der Waals surface area contributed by atoms with Gasteiger partial charge < -0.3 is 34.2 Å². The van der Waals surface area contributed by atoms with E-state index in [1.807, 2.05) is 0 Å². The summed E-state index contributed by atoms with van der Waals surface area (Å²) in [4.78, 5) is 0. The van der Waals surface area contributed by atoms with E-state index in [2.05, 4.69) is 84.8 Å². The second-order valence-corrected chi connectivity index (χ2v) is 12.2. The van der Waals surface area contributed by atoms with Gasteiger partial charge in [0.2, 0.25) is 0 Å². The molecule has 2 heterocycles. The van der Waals surface area contributed by atoms with E-state index in [-0.39, 0.29) is 17.0 Å². The molecule has 0 aliphatic rings. The van der Waals surface area contributed by atoms with Crippen LogP contribution in [0.1, 0.15) is 154 Å². The monoisotopic (exact) mass is 696 g/mol. The summed E-state index contributed by atoms with van der Waals surface area (Å²) in [5.74, 6) is 2.71. The molecule has 0 bridgehead atoms. The number of aromatic nitrogens is 4. The summed E-state index contributed by atoms with van der Waals surface area (Å²) in [5.41, 5.74) is 0. The summed E-state index contributed by atoms with van der Waals surface area (Å²) < 4.78 is 48.1. The molecule has 260 valence electrons. The van der Waals surface area contributed by atoms with Gasteiger partial charge in [-0.2, -0.15) is 0 Å². The highest BCUT2D eigenvalue weighted by Gasteiger charge is 2.20. The maximum Gasteiger partial charge on any atom is 0.673 e. The van der Waals surface area contributed by atoms with Crippen LogP contribution < -0.4 is 26.1 Å². The van der Waals surface area contributed by atoms with Gasteiger partial charge in [-0.3, -0.25) is 0 Å². The van der Waals surface area contributed by atoms with E-state index in [0.717, 1.165) is 0 Å². The number of halogens is 5. The maximum absolute atomic E-state index is 9.75. The Morgan fingerprint density at radius 1 is 0.500 bits per heavy atom. The van der Waals surface area contributed by atoms with Gasteiger partial charge in [-0.15, -0.1) is 0 Å². The molecule has 0 N–H and O–H groups in total. The number of aryl methyl sites for hydroxylation is 4. The molecule has 0 spiro atoms. The SMILES string of the molecule is CCCCCCCCCCCCn1cc[n+](C)c1C.CCCCCCCCCCCCn1cc[n+](C)c1C.F[B-](F)(F)F.[Br-]. The Kier molecular flexibility index (Phi) is 29.6. The first kappa shape index (κ1) is 44.8. The highest BCUT2D eigenvalue weighted by Crippen LogP contribution is 2.12. The van der Waals surface area contributed by atoms with Crippen molar-refractivity contribution in [3.63, 3.8) is 0 Å². The smallest absolute Gasteiger partial charge is 0.673 e. The summed E-state index contributed by atoms with van der Waals surface area (Å²) in [6, 6.07) is 0. The lowest BCUT2D eigenvalue weighted by Crippen LogP contribution is -3.00. The van der Waals surface area contributed by atoms with Gasteiger partial charge in [0, 0.05) is 13.8 Å². The number of unbranched alkanes of at least 4 members (excludes halogenated alkanes) is 18. The summed E-state index contributed by atoms with van der Waals surface area (Å²) in [7, 11) is -1.77. The highest BCUT2D eigenvalue weighted by molar-refractivity contribution is 6.50. The molecular weight excluding hydrogens is 631 g/mol. The van der Waals surface area contributed by atoms with Crippen LogP contribution in [-0.4, -0.2) is 16.4 Å². The quantitative estimate of drug-likeness (QED) is 0.0529. The van der Waals surface area contributed by atoms with Crippen molar-refractivity contribution < 1.29 is 43.4 Å². The molecule has 2 rings (SSSR count). The van der Waals surface area contributed by atoms with Crippen molar-refractivity contribution in [2.24, 2.45) is 14.1 Å². The number of hydrogen-bond acceptors (Lipinski definition) is 0. The highest BCUT2D eigenvalue weighted by atomic mass is 79.9. The predicted molar refractivity (Wildman–Crippen MR) is 175 cm³/mol. The third kappa shape index (κ3) is 27.0. The summed E-state index contributed by atoms with van der Waals surface area (Å²) in [6.07, 6.45) is 37.0. The molecule has 2 aromatic heterocycles. The lowest BCUT2D eigenvalue weighted by Gasteiger charge is -2.02. The molecule has 0 aliphatic heterocycles. The van der Waals surface area contributed by atoms with Crippen molar-refractivity contribution in [3.05, 3.63) is 36.4 Å². The van der Waals surface area contributed by atoms with Crippen LogP contribution >= 0.6 is 0 Å². The number of imidazole rings is 2. The Morgan fingerprint density at radius 3 is 0.932 bits per heavy atom. The Bertz CT molecular complexity index is 830. The van der Waals surface area contributed by atoms with Crippen LogP contribution in [0, 0.1) is 13.8 Å². The van der Waals surface area contributed by atoms with E-state index >= 15 is 0 Å². The minimum atomic E-state index is -6.00. The molecule has 0 fully saturated rings. The van der Waals surface area contributed by atoms with Gasteiger partial charge in [0.1, 0.15) is 24.8 Å². The van der Waals surface area contributed by atoms with Crippen molar-refractivity contribution in [2.75, 3.05) is 0 Å². The van der Waals surface area contributed by atoms with Crippen LogP contribution in [0.3, 0.4) is 0 Å². The zero-order valence-corrected chi connectivity index (χ0v) is 30.7. The zero-order chi connectivity index (χ0) is 32.3. The molecule has 2 aromatic rings. The van der Waals surface area contributed by atoms with E-state index in [1.165, 1.54) is 153 Å². The van der Waals surface area contributed by atoms with Crippen molar-refractivity contribution in [1.82, 2.24) is 9.13 Å². The summed E-state index contributed by atoms with van der Waals surface area (Å²) in [5, 5.41) is 0. The molecule has 0 aromatic carbocycles. The van der Waals surface area contributed by atoms with Crippen molar-refractivity contribution >= 4 is 7.25 Å². The Hall–Kier alpha value is -1.32. The molecule has 44 heavy (non-hydrogen) atoms. The first-order chi connectivity index (χ1) is 20.5. The predicted octanol–water partition coefficient (Wildman–Crippen LogP) is 7.39. The first-order valence-electron chi connectivity index (χ1n) is 17.4. The van der Waals surface area contributed by atoms with Crippen molar-refractivity contribution in [2.45, 2.75) is 169 Å². The van der Waals surface area contributed by atoms with Crippen LogP contribution in [0.2, 0.25) is 0 Å². The molecule has 0 saturated heterocycles. The molecule has 10 heteroatoms. The first-order valence-corrected chi connectivity index (χ1v) is 17.4. The van der Waals surface area contributed by atoms with E-state index < -0.39 is 7.25 Å². The minimum Gasteiger partial charge on any atom is -1.00 e. The van der Waals surface area contributed by atoms with Crippen molar-refractivity contribution in [3.8, 4) is 0 Å². The topological polar surface area (TPSA) is 17.6 Å². The lowest BCUT2D eigenvalue weighted by atomic mass is 10.1. The van der Waals surface area contributed by atoms with Crippen LogP contribution in [0.5, 0.6) is 0 Å². The Morgan fingerprint density at radius 2 is 0.727 bits per heavy atom. The average Bonchev–Trinajstić information content (AvgIpc) is 3.45. The van der Waals surface area contributed by atoms with Gasteiger partial charge in [-0.05, 0) is 25.7 Å². The normalized spacial score (nSPS) is 11.0. The number of rotatable bonds is 22.